The molecule has 1 aromatic heterocycles. The molecule has 3 aromatic rings. The lowest BCUT2D eigenvalue weighted by atomic mass is 10.0. The molecule has 0 radical (unpaired) electrons. The Morgan fingerprint density at radius 2 is 1.76 bits per heavy atom. The summed E-state index contributed by atoms with van der Waals surface area (Å²) in [5, 5.41) is 6.65. The molecule has 29 heavy (non-hydrogen) atoms. The second-order valence-electron chi connectivity index (χ2n) is 6.97. The van der Waals surface area contributed by atoms with Gasteiger partial charge in [0.1, 0.15) is 0 Å². The van der Waals surface area contributed by atoms with Crippen LogP contribution in [-0.2, 0) is 9.53 Å². The third-order valence-corrected chi connectivity index (χ3v) is 5.06. The van der Waals surface area contributed by atoms with Crippen LogP contribution in [0.25, 0.3) is 10.9 Å². The van der Waals surface area contributed by atoms with Crippen LogP contribution in [0.15, 0.2) is 59.7 Å². The van der Waals surface area contributed by atoms with Crippen molar-refractivity contribution in [1.29, 1.82) is 0 Å². The van der Waals surface area contributed by atoms with Crippen molar-refractivity contribution >= 4 is 28.5 Å². The maximum atomic E-state index is 12.7. The SMILES string of the molecule is Cc1nc2ccccc2c(C)c1C(=O)OCC(=O)N1CCC(c2ccccc2)=N1. The minimum atomic E-state index is -0.543. The van der Waals surface area contributed by atoms with Crippen LogP contribution in [0.2, 0.25) is 0 Å². The molecule has 6 heteroatoms. The van der Waals surface area contributed by atoms with Gasteiger partial charge in [-0.15, -0.1) is 0 Å². The van der Waals surface area contributed by atoms with Gasteiger partial charge in [0.05, 0.1) is 29.0 Å². The van der Waals surface area contributed by atoms with Crippen LogP contribution in [0.3, 0.4) is 0 Å². The minimum Gasteiger partial charge on any atom is -0.452 e. The van der Waals surface area contributed by atoms with Crippen molar-refractivity contribution in [3.05, 3.63) is 77.0 Å². The molecule has 1 aliphatic heterocycles. The Balaban J connectivity index is 1.46. The summed E-state index contributed by atoms with van der Waals surface area (Å²) in [6.45, 7) is 3.77. The van der Waals surface area contributed by atoms with E-state index in [0.717, 1.165) is 27.7 Å². The second kappa shape index (κ2) is 7.83. The standard InChI is InChI=1S/C23H21N3O3/c1-15-18-10-6-7-11-20(18)24-16(2)22(15)23(28)29-14-21(27)26-13-12-19(25-26)17-8-4-3-5-9-17/h3-11H,12-14H2,1-2H3. The number of hydrogen-bond donors (Lipinski definition) is 0. The fourth-order valence-electron chi connectivity index (χ4n) is 3.58. The summed E-state index contributed by atoms with van der Waals surface area (Å²) < 4.78 is 5.31. The number of ether oxygens (including phenoxy) is 1. The molecular weight excluding hydrogens is 366 g/mol. The Labute approximate surface area is 168 Å². The van der Waals surface area contributed by atoms with Gasteiger partial charge in [-0.1, -0.05) is 48.5 Å². The summed E-state index contributed by atoms with van der Waals surface area (Å²) in [4.78, 5) is 29.6. The molecule has 0 saturated carbocycles. The number of aromatic nitrogens is 1. The Hall–Kier alpha value is -3.54. The first-order valence-electron chi connectivity index (χ1n) is 9.51. The average Bonchev–Trinajstić information content (AvgIpc) is 3.23. The number of hydrazone groups is 1. The average molecular weight is 387 g/mol. The van der Waals surface area contributed by atoms with Crippen LogP contribution >= 0.6 is 0 Å². The molecule has 2 aromatic carbocycles. The largest absolute Gasteiger partial charge is 0.452 e. The lowest BCUT2D eigenvalue weighted by Crippen LogP contribution is -2.29. The quantitative estimate of drug-likeness (QED) is 0.641. The van der Waals surface area contributed by atoms with Crippen LogP contribution in [0.5, 0.6) is 0 Å². The normalized spacial score (nSPS) is 13.4. The van der Waals surface area contributed by atoms with Crippen molar-refractivity contribution in [3.63, 3.8) is 0 Å². The third-order valence-electron chi connectivity index (χ3n) is 5.06. The van der Waals surface area contributed by atoms with E-state index in [1.807, 2.05) is 61.5 Å². The fraction of sp³-hybridized carbons (Fsp3) is 0.217. The lowest BCUT2D eigenvalue weighted by Gasteiger charge is -2.14. The van der Waals surface area contributed by atoms with Gasteiger partial charge in [0, 0.05) is 11.8 Å². The molecule has 0 atom stereocenters. The molecule has 0 spiro atoms. The monoisotopic (exact) mass is 387 g/mol. The van der Waals surface area contributed by atoms with Crippen LogP contribution in [-0.4, -0.2) is 40.7 Å². The van der Waals surface area contributed by atoms with E-state index in [1.165, 1.54) is 5.01 Å². The number of benzene rings is 2. The van der Waals surface area contributed by atoms with E-state index >= 15 is 0 Å². The number of rotatable bonds is 4. The van der Waals surface area contributed by atoms with Gasteiger partial charge in [-0.3, -0.25) is 9.78 Å². The van der Waals surface area contributed by atoms with Crippen molar-refractivity contribution in [2.24, 2.45) is 5.10 Å². The number of fused-ring (bicyclic) bond motifs is 1. The maximum Gasteiger partial charge on any atom is 0.340 e. The fourth-order valence-corrected chi connectivity index (χ4v) is 3.58. The Kier molecular flexibility index (Phi) is 5.08. The summed E-state index contributed by atoms with van der Waals surface area (Å²) in [7, 11) is 0. The number of nitrogens with zero attached hydrogens (tertiary/aromatic N) is 3. The Bertz CT molecular complexity index is 1120. The van der Waals surface area contributed by atoms with Gasteiger partial charge in [-0.2, -0.15) is 5.10 Å². The van der Waals surface area contributed by atoms with Gasteiger partial charge in [0.25, 0.3) is 5.91 Å². The van der Waals surface area contributed by atoms with Crippen molar-refractivity contribution < 1.29 is 14.3 Å². The van der Waals surface area contributed by atoms with Crippen LogP contribution in [0.4, 0.5) is 0 Å². The molecule has 0 aliphatic carbocycles. The molecule has 0 unspecified atom stereocenters. The van der Waals surface area contributed by atoms with E-state index in [4.69, 9.17) is 4.74 Å². The zero-order chi connectivity index (χ0) is 20.4. The summed E-state index contributed by atoms with van der Waals surface area (Å²) in [6, 6.07) is 17.4. The molecule has 0 fully saturated rings. The number of carbonyl (C=O) groups is 2. The minimum absolute atomic E-state index is 0.340. The first kappa shape index (κ1) is 18.8. The maximum absolute atomic E-state index is 12.7. The first-order valence-corrected chi connectivity index (χ1v) is 9.51. The highest BCUT2D eigenvalue weighted by atomic mass is 16.5. The van der Waals surface area contributed by atoms with Crippen molar-refractivity contribution in [1.82, 2.24) is 9.99 Å². The highest BCUT2D eigenvalue weighted by Gasteiger charge is 2.24. The molecule has 1 aliphatic rings. The molecule has 1 amide bonds. The highest BCUT2D eigenvalue weighted by molar-refractivity contribution is 6.03. The summed E-state index contributed by atoms with van der Waals surface area (Å²) >= 11 is 0. The number of amides is 1. The summed E-state index contributed by atoms with van der Waals surface area (Å²) in [5.41, 5.74) is 4.48. The Morgan fingerprint density at radius 1 is 1.03 bits per heavy atom. The number of para-hydroxylation sites is 1. The summed E-state index contributed by atoms with van der Waals surface area (Å²) in [5.74, 6) is -0.883. The van der Waals surface area contributed by atoms with E-state index in [9.17, 15) is 9.59 Å². The smallest absolute Gasteiger partial charge is 0.340 e. The van der Waals surface area contributed by atoms with Gasteiger partial charge in [0.2, 0.25) is 0 Å². The van der Waals surface area contributed by atoms with Crippen LogP contribution < -0.4 is 0 Å². The first-order chi connectivity index (χ1) is 14.0. The van der Waals surface area contributed by atoms with Gasteiger partial charge in [0.15, 0.2) is 6.61 Å². The predicted octanol–water partition coefficient (Wildman–Crippen LogP) is 3.65. The van der Waals surface area contributed by atoms with Gasteiger partial charge < -0.3 is 4.74 Å². The lowest BCUT2D eigenvalue weighted by molar-refractivity contribution is -0.134. The molecule has 0 N–H and O–H groups in total. The van der Waals surface area contributed by atoms with Crippen molar-refractivity contribution in [2.75, 3.05) is 13.2 Å². The Morgan fingerprint density at radius 3 is 2.55 bits per heavy atom. The predicted molar refractivity (Wildman–Crippen MR) is 111 cm³/mol. The molecule has 0 bridgehead atoms. The van der Waals surface area contributed by atoms with E-state index in [2.05, 4.69) is 10.1 Å². The van der Waals surface area contributed by atoms with Crippen molar-refractivity contribution in [2.45, 2.75) is 20.3 Å². The zero-order valence-corrected chi connectivity index (χ0v) is 16.4. The highest BCUT2D eigenvalue weighted by Crippen LogP contribution is 2.23. The van der Waals surface area contributed by atoms with Crippen LogP contribution in [0, 0.1) is 13.8 Å². The number of hydrogen-bond acceptors (Lipinski definition) is 5. The zero-order valence-electron chi connectivity index (χ0n) is 16.4. The molecular formula is C23H21N3O3. The van der Waals surface area contributed by atoms with Gasteiger partial charge in [-0.05, 0) is 31.0 Å². The number of pyridine rings is 1. The number of aryl methyl sites for hydroxylation is 2. The van der Waals surface area contributed by atoms with Crippen LogP contribution in [0.1, 0.15) is 33.6 Å². The van der Waals surface area contributed by atoms with E-state index in [1.54, 1.807) is 6.92 Å². The summed E-state index contributed by atoms with van der Waals surface area (Å²) in [6.07, 6.45) is 0.677. The van der Waals surface area contributed by atoms with Gasteiger partial charge >= 0.3 is 5.97 Å². The third kappa shape index (κ3) is 3.74. The molecule has 6 nitrogen and oxygen atoms in total. The molecule has 0 saturated heterocycles. The van der Waals surface area contributed by atoms with Gasteiger partial charge in [-0.25, -0.2) is 9.80 Å². The number of carbonyl (C=O) groups excluding carboxylic acids is 2. The topological polar surface area (TPSA) is 71.9 Å². The number of esters is 1. The van der Waals surface area contributed by atoms with E-state index < -0.39 is 5.97 Å². The second-order valence-corrected chi connectivity index (χ2v) is 6.97. The van der Waals surface area contributed by atoms with E-state index in [0.29, 0.717) is 24.2 Å². The molecule has 4 rings (SSSR count). The van der Waals surface area contributed by atoms with E-state index in [-0.39, 0.29) is 12.5 Å². The molecule has 2 heterocycles. The molecule has 146 valence electrons. The van der Waals surface area contributed by atoms with Crippen molar-refractivity contribution in [3.8, 4) is 0 Å².